The second-order valence-corrected chi connectivity index (χ2v) is 7.81. The van der Waals surface area contributed by atoms with Gasteiger partial charge in [0.2, 0.25) is 0 Å². The van der Waals surface area contributed by atoms with Gasteiger partial charge in [0.1, 0.15) is 0 Å². The molecule has 0 fully saturated rings. The number of carbonyl (C=O) groups is 4. The van der Waals surface area contributed by atoms with E-state index in [0.717, 1.165) is 21.6 Å². The van der Waals surface area contributed by atoms with Crippen LogP contribution in [0.3, 0.4) is 0 Å². The van der Waals surface area contributed by atoms with E-state index in [1.807, 2.05) is 56.3 Å². The summed E-state index contributed by atoms with van der Waals surface area (Å²) in [6.07, 6.45) is 0. The van der Waals surface area contributed by atoms with Crippen molar-refractivity contribution in [3.63, 3.8) is 0 Å². The Bertz CT molecular complexity index is 1270. The van der Waals surface area contributed by atoms with Crippen LogP contribution < -0.4 is 5.32 Å². The molecule has 1 heterocycles. The molecule has 0 radical (unpaired) electrons. The van der Waals surface area contributed by atoms with E-state index >= 15 is 0 Å². The van der Waals surface area contributed by atoms with Crippen LogP contribution in [0.1, 0.15) is 47.8 Å². The lowest BCUT2D eigenvalue weighted by Gasteiger charge is -2.13. The lowest BCUT2D eigenvalue weighted by atomic mass is 10.1. The molecular formula is C26H22N2O5. The maximum absolute atomic E-state index is 12.8. The number of fused-ring (bicyclic) bond motifs is 1. The summed E-state index contributed by atoms with van der Waals surface area (Å²) in [5.41, 5.74) is 3.90. The first-order valence-corrected chi connectivity index (χ1v) is 10.4. The molecule has 3 aromatic rings. The van der Waals surface area contributed by atoms with E-state index in [1.165, 1.54) is 18.2 Å². The number of anilines is 1. The van der Waals surface area contributed by atoms with Crippen molar-refractivity contribution < 1.29 is 23.9 Å². The Kier molecular flexibility index (Phi) is 6.04. The number of amides is 3. The zero-order valence-electron chi connectivity index (χ0n) is 18.3. The number of benzene rings is 3. The molecular weight excluding hydrogens is 420 g/mol. The molecule has 3 amide bonds. The molecule has 1 aliphatic rings. The summed E-state index contributed by atoms with van der Waals surface area (Å²) < 4.78 is 5.12. The molecule has 7 heteroatoms. The summed E-state index contributed by atoms with van der Waals surface area (Å²) in [5, 5.41) is 2.72. The lowest BCUT2D eigenvalue weighted by Crippen LogP contribution is -2.29. The Hall–Kier alpha value is -4.26. The lowest BCUT2D eigenvalue weighted by molar-refractivity contribution is -0.119. The number of nitrogens with zero attached hydrogens (tertiary/aromatic N) is 1. The van der Waals surface area contributed by atoms with E-state index in [-0.39, 0.29) is 23.2 Å². The number of carbonyl (C=O) groups excluding carboxylic acids is 4. The highest BCUT2D eigenvalue weighted by Crippen LogP contribution is 2.26. The molecule has 0 aromatic heterocycles. The van der Waals surface area contributed by atoms with Crippen LogP contribution in [0.25, 0.3) is 0 Å². The van der Waals surface area contributed by atoms with Gasteiger partial charge in [0.15, 0.2) is 6.61 Å². The molecule has 4 rings (SSSR count). The monoisotopic (exact) mass is 442 g/mol. The maximum Gasteiger partial charge on any atom is 0.338 e. The van der Waals surface area contributed by atoms with Crippen molar-refractivity contribution >= 4 is 29.4 Å². The van der Waals surface area contributed by atoms with Gasteiger partial charge in [-0.1, -0.05) is 42.5 Å². The van der Waals surface area contributed by atoms with Crippen molar-refractivity contribution in [3.8, 4) is 0 Å². The largest absolute Gasteiger partial charge is 0.452 e. The van der Waals surface area contributed by atoms with Gasteiger partial charge < -0.3 is 10.1 Å². The second kappa shape index (κ2) is 9.08. The molecule has 166 valence electrons. The number of hydrogen-bond donors (Lipinski definition) is 1. The summed E-state index contributed by atoms with van der Waals surface area (Å²) in [6.45, 7) is 3.49. The summed E-state index contributed by atoms with van der Waals surface area (Å²) in [4.78, 5) is 51.3. The number of rotatable bonds is 6. The van der Waals surface area contributed by atoms with Crippen LogP contribution in [0.4, 0.5) is 5.69 Å². The number of ether oxygens (including phenoxy) is 1. The van der Waals surface area contributed by atoms with Crippen LogP contribution in [0.5, 0.6) is 0 Å². The fourth-order valence-corrected chi connectivity index (χ4v) is 3.61. The van der Waals surface area contributed by atoms with Gasteiger partial charge in [-0.05, 0) is 54.8 Å². The average Bonchev–Trinajstić information content (AvgIpc) is 3.05. The van der Waals surface area contributed by atoms with Crippen LogP contribution in [0, 0.1) is 13.8 Å². The van der Waals surface area contributed by atoms with Gasteiger partial charge in [0.05, 0.1) is 23.2 Å². The maximum atomic E-state index is 12.8. The normalized spacial score (nSPS) is 12.5. The zero-order chi connectivity index (χ0) is 23.5. The number of esters is 1. The third-order valence-electron chi connectivity index (χ3n) is 5.60. The molecule has 0 aliphatic carbocycles. The minimum Gasteiger partial charge on any atom is -0.452 e. The van der Waals surface area contributed by atoms with Crippen LogP contribution >= 0.6 is 0 Å². The van der Waals surface area contributed by atoms with Gasteiger partial charge in [-0.2, -0.15) is 0 Å². The molecule has 0 bridgehead atoms. The van der Waals surface area contributed by atoms with Crippen LogP contribution in [-0.4, -0.2) is 35.2 Å². The Balaban J connectivity index is 1.41. The SMILES string of the molecule is Cc1cccc(NC(=O)COC(=O)c2ccc3c(c2)C(=O)N(Cc2ccccc2)C3=O)c1C. The molecule has 33 heavy (non-hydrogen) atoms. The minimum absolute atomic E-state index is 0.0935. The first kappa shape index (κ1) is 22.0. The van der Waals surface area contributed by atoms with Gasteiger partial charge in [-0.15, -0.1) is 0 Å². The highest BCUT2D eigenvalue weighted by Gasteiger charge is 2.36. The van der Waals surface area contributed by atoms with Gasteiger partial charge in [0, 0.05) is 5.69 Å². The zero-order valence-corrected chi connectivity index (χ0v) is 18.3. The highest BCUT2D eigenvalue weighted by atomic mass is 16.5. The predicted octanol–water partition coefficient (Wildman–Crippen LogP) is 3.90. The molecule has 7 nitrogen and oxygen atoms in total. The Morgan fingerprint density at radius 1 is 0.879 bits per heavy atom. The summed E-state index contributed by atoms with van der Waals surface area (Å²) >= 11 is 0. The fraction of sp³-hybridized carbons (Fsp3) is 0.154. The van der Waals surface area contributed by atoms with Crippen molar-refractivity contribution in [1.29, 1.82) is 0 Å². The van der Waals surface area contributed by atoms with E-state index in [9.17, 15) is 19.2 Å². The molecule has 1 N–H and O–H groups in total. The Morgan fingerprint density at radius 3 is 2.36 bits per heavy atom. The third kappa shape index (κ3) is 4.52. The first-order valence-electron chi connectivity index (χ1n) is 10.4. The van der Waals surface area contributed by atoms with E-state index in [4.69, 9.17) is 4.74 Å². The van der Waals surface area contributed by atoms with E-state index < -0.39 is 30.3 Å². The van der Waals surface area contributed by atoms with Gasteiger partial charge in [-0.25, -0.2) is 4.79 Å². The summed E-state index contributed by atoms with van der Waals surface area (Å²) in [7, 11) is 0. The van der Waals surface area contributed by atoms with Crippen molar-refractivity contribution in [3.05, 3.63) is 100 Å². The summed E-state index contributed by atoms with van der Waals surface area (Å²) in [5.74, 6) is -2.11. The molecule has 0 atom stereocenters. The van der Waals surface area contributed by atoms with E-state index in [1.54, 1.807) is 6.07 Å². The smallest absolute Gasteiger partial charge is 0.338 e. The van der Waals surface area contributed by atoms with Crippen molar-refractivity contribution in [2.75, 3.05) is 11.9 Å². The Labute approximate surface area is 191 Å². The first-order chi connectivity index (χ1) is 15.8. The topological polar surface area (TPSA) is 92.8 Å². The Morgan fingerprint density at radius 2 is 1.61 bits per heavy atom. The number of imide groups is 1. The van der Waals surface area contributed by atoms with Gasteiger partial charge >= 0.3 is 5.97 Å². The van der Waals surface area contributed by atoms with Crippen LogP contribution in [0.15, 0.2) is 66.7 Å². The fourth-order valence-electron chi connectivity index (χ4n) is 3.61. The summed E-state index contributed by atoms with van der Waals surface area (Å²) in [6, 6.07) is 18.9. The standard InChI is InChI=1S/C26H22N2O5/c1-16-7-6-10-22(17(16)2)27-23(29)15-33-26(32)19-11-12-20-21(13-19)25(31)28(24(20)30)14-18-8-4-3-5-9-18/h3-13H,14-15H2,1-2H3,(H,27,29). The number of nitrogens with one attached hydrogen (secondary N) is 1. The third-order valence-corrected chi connectivity index (χ3v) is 5.60. The predicted molar refractivity (Wildman–Crippen MR) is 122 cm³/mol. The van der Waals surface area contributed by atoms with Crippen molar-refractivity contribution in [2.24, 2.45) is 0 Å². The molecule has 0 saturated heterocycles. The molecule has 0 saturated carbocycles. The minimum atomic E-state index is -0.754. The molecule has 0 unspecified atom stereocenters. The average molecular weight is 442 g/mol. The van der Waals surface area contributed by atoms with Crippen molar-refractivity contribution in [1.82, 2.24) is 4.90 Å². The molecule has 1 aliphatic heterocycles. The second-order valence-electron chi connectivity index (χ2n) is 7.81. The van der Waals surface area contributed by atoms with Crippen molar-refractivity contribution in [2.45, 2.75) is 20.4 Å². The van der Waals surface area contributed by atoms with Gasteiger partial charge in [-0.3, -0.25) is 19.3 Å². The number of hydrogen-bond acceptors (Lipinski definition) is 5. The van der Waals surface area contributed by atoms with Gasteiger partial charge in [0.25, 0.3) is 17.7 Å². The van der Waals surface area contributed by atoms with E-state index in [0.29, 0.717) is 5.69 Å². The highest BCUT2D eigenvalue weighted by molar-refractivity contribution is 6.21. The van der Waals surface area contributed by atoms with E-state index in [2.05, 4.69) is 5.32 Å². The molecule has 0 spiro atoms. The quantitative estimate of drug-likeness (QED) is 0.462. The van der Waals surface area contributed by atoms with Crippen LogP contribution in [0.2, 0.25) is 0 Å². The number of aryl methyl sites for hydroxylation is 1. The van der Waals surface area contributed by atoms with Crippen LogP contribution in [-0.2, 0) is 16.1 Å². The molecule has 3 aromatic carbocycles.